The van der Waals surface area contributed by atoms with Crippen molar-refractivity contribution in [2.45, 2.75) is 0 Å². The summed E-state index contributed by atoms with van der Waals surface area (Å²) in [5.41, 5.74) is 2.46. The maximum atomic E-state index is 12.0. The predicted molar refractivity (Wildman–Crippen MR) is 90.9 cm³/mol. The van der Waals surface area contributed by atoms with E-state index in [1.165, 1.54) is 0 Å². The number of thiocarbonyl (C=S) groups is 1. The summed E-state index contributed by atoms with van der Waals surface area (Å²) in [6.45, 7) is 0. The van der Waals surface area contributed by atoms with Crippen molar-refractivity contribution in [3.8, 4) is 0 Å². The lowest BCUT2D eigenvalue weighted by Crippen LogP contribution is -2.34. The number of hydrogen-bond acceptors (Lipinski definition) is 3. The lowest BCUT2D eigenvalue weighted by Gasteiger charge is -2.15. The molecule has 108 valence electrons. The van der Waals surface area contributed by atoms with Crippen molar-refractivity contribution < 1.29 is 4.79 Å². The highest BCUT2D eigenvalue weighted by atomic mass is 32.1. The van der Waals surface area contributed by atoms with E-state index in [4.69, 9.17) is 12.2 Å². The highest BCUT2D eigenvalue weighted by molar-refractivity contribution is 7.80. The predicted octanol–water partition coefficient (Wildman–Crippen LogP) is 2.88. The van der Waals surface area contributed by atoms with Crippen LogP contribution in [0.2, 0.25) is 0 Å². The molecule has 0 fully saturated rings. The second-order valence-electron chi connectivity index (χ2n) is 4.72. The molecule has 0 bridgehead atoms. The van der Waals surface area contributed by atoms with Crippen LogP contribution in [0.1, 0.15) is 10.4 Å². The van der Waals surface area contributed by atoms with Gasteiger partial charge in [0.05, 0.1) is 0 Å². The highest BCUT2D eigenvalue weighted by Crippen LogP contribution is 2.17. The molecule has 0 aliphatic carbocycles. The van der Waals surface area contributed by atoms with Crippen molar-refractivity contribution >= 4 is 34.6 Å². The van der Waals surface area contributed by atoms with E-state index >= 15 is 0 Å². The van der Waals surface area contributed by atoms with Gasteiger partial charge in [0.2, 0.25) is 0 Å². The third kappa shape index (κ3) is 4.29. The molecule has 0 aromatic heterocycles. The summed E-state index contributed by atoms with van der Waals surface area (Å²) in [4.78, 5) is 14.0. The van der Waals surface area contributed by atoms with Gasteiger partial charge in [-0.2, -0.15) is 0 Å². The van der Waals surface area contributed by atoms with Gasteiger partial charge < -0.3 is 10.2 Å². The molecule has 5 heteroatoms. The topological polar surface area (TPSA) is 44.4 Å². The minimum Gasteiger partial charge on any atom is -0.378 e. The molecule has 0 spiro atoms. The van der Waals surface area contributed by atoms with Gasteiger partial charge in [0.25, 0.3) is 5.91 Å². The van der Waals surface area contributed by atoms with Crippen molar-refractivity contribution in [3.05, 3.63) is 60.2 Å². The quantitative estimate of drug-likeness (QED) is 0.855. The van der Waals surface area contributed by atoms with Crippen LogP contribution in [-0.2, 0) is 0 Å². The molecule has 0 aliphatic heterocycles. The van der Waals surface area contributed by atoms with Crippen LogP contribution in [0.15, 0.2) is 54.6 Å². The molecule has 2 aromatic rings. The lowest BCUT2D eigenvalue weighted by atomic mass is 10.2. The summed E-state index contributed by atoms with van der Waals surface area (Å²) in [5.74, 6) is -0.225. The number of carbonyl (C=O) groups is 1. The molecule has 0 unspecified atom stereocenters. The van der Waals surface area contributed by atoms with Crippen molar-refractivity contribution in [1.82, 2.24) is 5.32 Å². The number of anilines is 2. The van der Waals surface area contributed by atoms with Crippen LogP contribution in [0.5, 0.6) is 0 Å². The molecule has 2 rings (SSSR count). The van der Waals surface area contributed by atoms with Crippen molar-refractivity contribution in [2.75, 3.05) is 24.3 Å². The Hall–Kier alpha value is -2.40. The zero-order valence-electron chi connectivity index (χ0n) is 12.0. The zero-order chi connectivity index (χ0) is 15.2. The third-order valence-corrected chi connectivity index (χ3v) is 3.09. The average molecular weight is 299 g/mol. The summed E-state index contributed by atoms with van der Waals surface area (Å²) >= 11 is 5.16. The van der Waals surface area contributed by atoms with Gasteiger partial charge in [0.1, 0.15) is 0 Å². The van der Waals surface area contributed by atoms with Crippen LogP contribution >= 0.6 is 12.2 Å². The molecule has 4 nitrogen and oxygen atoms in total. The van der Waals surface area contributed by atoms with Crippen LogP contribution in [-0.4, -0.2) is 25.1 Å². The molecule has 0 radical (unpaired) electrons. The van der Waals surface area contributed by atoms with E-state index in [9.17, 15) is 4.79 Å². The van der Waals surface area contributed by atoms with E-state index in [0.29, 0.717) is 5.56 Å². The Kier molecular flexibility index (Phi) is 4.90. The Labute approximate surface area is 129 Å². The van der Waals surface area contributed by atoms with Crippen molar-refractivity contribution in [3.63, 3.8) is 0 Å². The molecular weight excluding hydrogens is 282 g/mol. The summed E-state index contributed by atoms with van der Waals surface area (Å²) in [6, 6.07) is 16.7. The maximum Gasteiger partial charge on any atom is 0.257 e. The SMILES string of the molecule is CN(C)c1cccc(NC(=S)NC(=O)c2ccccc2)c1. The molecule has 0 saturated heterocycles. The van der Waals surface area contributed by atoms with E-state index < -0.39 is 0 Å². The highest BCUT2D eigenvalue weighted by Gasteiger charge is 2.07. The van der Waals surface area contributed by atoms with Gasteiger partial charge in [-0.05, 0) is 42.5 Å². The first-order valence-electron chi connectivity index (χ1n) is 6.51. The van der Waals surface area contributed by atoms with Gasteiger partial charge in [-0.15, -0.1) is 0 Å². The molecule has 0 atom stereocenters. The number of amides is 1. The Morgan fingerprint density at radius 1 is 1.05 bits per heavy atom. The molecule has 21 heavy (non-hydrogen) atoms. The molecule has 0 aliphatic rings. The summed E-state index contributed by atoms with van der Waals surface area (Å²) in [6.07, 6.45) is 0. The fraction of sp³-hybridized carbons (Fsp3) is 0.125. The van der Waals surface area contributed by atoms with Gasteiger partial charge in [-0.3, -0.25) is 10.1 Å². The fourth-order valence-electron chi connectivity index (χ4n) is 1.79. The zero-order valence-corrected chi connectivity index (χ0v) is 12.8. The van der Waals surface area contributed by atoms with E-state index in [-0.39, 0.29) is 11.0 Å². The third-order valence-electron chi connectivity index (χ3n) is 2.88. The Morgan fingerprint density at radius 3 is 2.43 bits per heavy atom. The second kappa shape index (κ2) is 6.85. The molecule has 2 aromatic carbocycles. The lowest BCUT2D eigenvalue weighted by molar-refractivity contribution is 0.0978. The molecule has 1 amide bonds. The van der Waals surface area contributed by atoms with Crippen LogP contribution in [0.3, 0.4) is 0 Å². The number of hydrogen-bond donors (Lipinski definition) is 2. The first-order valence-corrected chi connectivity index (χ1v) is 6.92. The standard InChI is InChI=1S/C16H17N3OS/c1-19(2)14-10-6-9-13(11-14)17-16(21)18-15(20)12-7-4-3-5-8-12/h3-11H,1-2H3,(H2,17,18,20,21). The Balaban J connectivity index is 1.99. The minimum absolute atomic E-state index is 0.225. The second-order valence-corrected chi connectivity index (χ2v) is 5.13. The first-order chi connectivity index (χ1) is 10.1. The maximum absolute atomic E-state index is 12.0. The minimum atomic E-state index is -0.225. The molecular formula is C16H17N3OS. The average Bonchev–Trinajstić information content (AvgIpc) is 2.48. The molecule has 0 saturated carbocycles. The number of nitrogens with one attached hydrogen (secondary N) is 2. The van der Waals surface area contributed by atoms with E-state index in [2.05, 4.69) is 10.6 Å². The van der Waals surface area contributed by atoms with E-state index in [1.807, 2.05) is 61.5 Å². The Morgan fingerprint density at radius 2 is 1.76 bits per heavy atom. The number of carbonyl (C=O) groups excluding carboxylic acids is 1. The van der Waals surface area contributed by atoms with Crippen molar-refractivity contribution in [2.24, 2.45) is 0 Å². The van der Waals surface area contributed by atoms with Crippen molar-refractivity contribution in [1.29, 1.82) is 0 Å². The first kappa shape index (κ1) is 15.0. The summed E-state index contributed by atoms with van der Waals surface area (Å²) in [7, 11) is 3.93. The van der Waals surface area contributed by atoms with Gasteiger partial charge in [0, 0.05) is 31.0 Å². The van der Waals surface area contributed by atoms with Gasteiger partial charge in [-0.25, -0.2) is 0 Å². The van der Waals surface area contributed by atoms with Crippen LogP contribution < -0.4 is 15.5 Å². The number of rotatable bonds is 3. The summed E-state index contributed by atoms with van der Waals surface area (Å²) < 4.78 is 0. The van der Waals surface area contributed by atoms with Gasteiger partial charge >= 0.3 is 0 Å². The molecule has 2 N–H and O–H groups in total. The fourth-order valence-corrected chi connectivity index (χ4v) is 2.00. The van der Waals surface area contributed by atoms with Crippen LogP contribution in [0.25, 0.3) is 0 Å². The van der Waals surface area contributed by atoms with Gasteiger partial charge in [-0.1, -0.05) is 24.3 Å². The number of nitrogens with zero attached hydrogens (tertiary/aromatic N) is 1. The Bertz CT molecular complexity index is 641. The summed E-state index contributed by atoms with van der Waals surface area (Å²) in [5, 5.41) is 5.95. The largest absolute Gasteiger partial charge is 0.378 e. The van der Waals surface area contributed by atoms with Gasteiger partial charge in [0.15, 0.2) is 5.11 Å². The van der Waals surface area contributed by atoms with E-state index in [0.717, 1.165) is 11.4 Å². The normalized spacial score (nSPS) is 9.81. The molecule has 0 heterocycles. The smallest absolute Gasteiger partial charge is 0.257 e. The van der Waals surface area contributed by atoms with E-state index in [1.54, 1.807) is 12.1 Å². The van der Waals surface area contributed by atoms with Crippen LogP contribution in [0.4, 0.5) is 11.4 Å². The number of benzene rings is 2. The monoisotopic (exact) mass is 299 g/mol. The van der Waals surface area contributed by atoms with Crippen LogP contribution in [0, 0.1) is 0 Å².